The third kappa shape index (κ3) is 3.39. The SMILES string of the molecule is CC(=O)c1cc(C(=O)NCC2(c3ccc4c(c3)OCO4)CCCCC2)n(C)c1. The summed E-state index contributed by atoms with van der Waals surface area (Å²) in [5.74, 6) is 1.36. The van der Waals surface area contributed by atoms with Crippen molar-refractivity contribution in [1.82, 2.24) is 9.88 Å². The number of carbonyl (C=O) groups is 2. The first-order valence-corrected chi connectivity index (χ1v) is 9.84. The van der Waals surface area contributed by atoms with Crippen LogP contribution in [0.2, 0.25) is 0 Å². The largest absolute Gasteiger partial charge is 0.454 e. The molecule has 0 saturated heterocycles. The fraction of sp³-hybridized carbons (Fsp3) is 0.455. The fourth-order valence-electron chi connectivity index (χ4n) is 4.35. The van der Waals surface area contributed by atoms with E-state index in [1.165, 1.54) is 18.9 Å². The summed E-state index contributed by atoms with van der Waals surface area (Å²) in [5, 5.41) is 3.13. The molecular formula is C22H26N2O4. The third-order valence-corrected chi connectivity index (χ3v) is 6.03. The molecule has 0 radical (unpaired) electrons. The second kappa shape index (κ2) is 7.34. The Morgan fingerprint density at radius 1 is 1.11 bits per heavy atom. The number of nitrogens with zero attached hydrogens (tertiary/aromatic N) is 1. The fourth-order valence-corrected chi connectivity index (χ4v) is 4.35. The second-order valence-electron chi connectivity index (χ2n) is 7.87. The van der Waals surface area contributed by atoms with Gasteiger partial charge in [0.05, 0.1) is 0 Å². The Hall–Kier alpha value is -2.76. The molecule has 1 aliphatic carbocycles. The smallest absolute Gasteiger partial charge is 0.267 e. The van der Waals surface area contributed by atoms with E-state index in [0.717, 1.165) is 37.2 Å². The van der Waals surface area contributed by atoms with E-state index < -0.39 is 0 Å². The summed E-state index contributed by atoms with van der Waals surface area (Å²) in [6, 6.07) is 7.79. The number of ketones is 1. The monoisotopic (exact) mass is 382 g/mol. The minimum atomic E-state index is -0.152. The lowest BCUT2D eigenvalue weighted by atomic mass is 9.69. The summed E-state index contributed by atoms with van der Waals surface area (Å²) < 4.78 is 12.7. The van der Waals surface area contributed by atoms with Crippen molar-refractivity contribution in [2.45, 2.75) is 44.4 Å². The Morgan fingerprint density at radius 2 is 1.86 bits per heavy atom. The maximum absolute atomic E-state index is 12.8. The van der Waals surface area contributed by atoms with Crippen LogP contribution in [0.5, 0.6) is 11.5 Å². The number of nitrogens with one attached hydrogen (secondary N) is 1. The van der Waals surface area contributed by atoms with Crippen molar-refractivity contribution in [3.8, 4) is 11.5 Å². The van der Waals surface area contributed by atoms with Crippen molar-refractivity contribution in [3.05, 3.63) is 47.3 Å². The van der Waals surface area contributed by atoms with E-state index in [1.54, 1.807) is 23.9 Å². The molecule has 4 rings (SSSR count). The first-order chi connectivity index (χ1) is 13.5. The van der Waals surface area contributed by atoms with Crippen LogP contribution in [0.3, 0.4) is 0 Å². The van der Waals surface area contributed by atoms with Crippen molar-refractivity contribution in [3.63, 3.8) is 0 Å². The maximum atomic E-state index is 12.8. The molecule has 0 bridgehead atoms. The number of aromatic nitrogens is 1. The zero-order valence-electron chi connectivity index (χ0n) is 16.4. The van der Waals surface area contributed by atoms with E-state index in [4.69, 9.17) is 9.47 Å². The molecule has 28 heavy (non-hydrogen) atoms. The third-order valence-electron chi connectivity index (χ3n) is 6.03. The zero-order valence-corrected chi connectivity index (χ0v) is 16.4. The molecule has 1 aromatic heterocycles. The molecule has 1 aromatic carbocycles. The average molecular weight is 382 g/mol. The molecule has 0 unspecified atom stereocenters. The number of benzene rings is 1. The summed E-state index contributed by atoms with van der Waals surface area (Å²) in [6.45, 7) is 2.33. The van der Waals surface area contributed by atoms with E-state index in [1.807, 2.05) is 6.07 Å². The van der Waals surface area contributed by atoms with Crippen LogP contribution in [0.25, 0.3) is 0 Å². The minimum Gasteiger partial charge on any atom is -0.454 e. The molecular weight excluding hydrogens is 356 g/mol. The van der Waals surface area contributed by atoms with Crippen molar-refractivity contribution in [2.75, 3.05) is 13.3 Å². The second-order valence-corrected chi connectivity index (χ2v) is 7.87. The van der Waals surface area contributed by atoms with Gasteiger partial charge in [-0.1, -0.05) is 25.3 Å². The molecule has 6 nitrogen and oxygen atoms in total. The number of aryl methyl sites for hydroxylation is 1. The Morgan fingerprint density at radius 3 is 2.57 bits per heavy atom. The average Bonchev–Trinajstić information content (AvgIpc) is 3.32. The van der Waals surface area contributed by atoms with Crippen LogP contribution in [0.1, 0.15) is 65.4 Å². The molecule has 2 aromatic rings. The van der Waals surface area contributed by atoms with Crippen LogP contribution >= 0.6 is 0 Å². The summed E-state index contributed by atoms with van der Waals surface area (Å²) in [5.41, 5.74) is 2.13. The van der Waals surface area contributed by atoms with Crippen LogP contribution in [0, 0.1) is 0 Å². The predicted molar refractivity (Wildman–Crippen MR) is 105 cm³/mol. The summed E-state index contributed by atoms with van der Waals surface area (Å²) in [4.78, 5) is 24.4. The lowest BCUT2D eigenvalue weighted by molar-refractivity contribution is 0.0928. The van der Waals surface area contributed by atoms with Crippen LogP contribution in [-0.2, 0) is 12.5 Å². The molecule has 6 heteroatoms. The molecule has 2 heterocycles. The molecule has 0 spiro atoms. The Kier molecular flexibility index (Phi) is 4.87. The lowest BCUT2D eigenvalue weighted by Gasteiger charge is -2.38. The van der Waals surface area contributed by atoms with E-state index in [0.29, 0.717) is 17.8 Å². The van der Waals surface area contributed by atoms with E-state index in [9.17, 15) is 9.59 Å². The number of hydrogen-bond acceptors (Lipinski definition) is 4. The highest BCUT2D eigenvalue weighted by atomic mass is 16.7. The van der Waals surface area contributed by atoms with Gasteiger partial charge < -0.3 is 19.4 Å². The predicted octanol–water partition coefficient (Wildman–Crippen LogP) is 3.59. The Bertz CT molecular complexity index is 909. The van der Waals surface area contributed by atoms with Gasteiger partial charge in [-0.25, -0.2) is 0 Å². The van der Waals surface area contributed by atoms with E-state index >= 15 is 0 Å². The topological polar surface area (TPSA) is 69.6 Å². The van der Waals surface area contributed by atoms with Gasteiger partial charge >= 0.3 is 0 Å². The van der Waals surface area contributed by atoms with Gasteiger partial charge in [-0.3, -0.25) is 9.59 Å². The molecule has 1 amide bonds. The van der Waals surface area contributed by atoms with Gasteiger partial charge in [0.2, 0.25) is 6.79 Å². The number of Topliss-reactive ketones (excluding diaryl/α,β-unsaturated/α-hetero) is 1. The summed E-state index contributed by atoms with van der Waals surface area (Å²) in [7, 11) is 1.79. The van der Waals surface area contributed by atoms with E-state index in [-0.39, 0.29) is 23.9 Å². The number of hydrogen-bond donors (Lipinski definition) is 1. The van der Waals surface area contributed by atoms with Gasteiger partial charge in [0, 0.05) is 30.8 Å². The normalized spacial score (nSPS) is 17.4. The van der Waals surface area contributed by atoms with Gasteiger partial charge in [-0.2, -0.15) is 0 Å². The van der Waals surface area contributed by atoms with Crippen molar-refractivity contribution in [1.29, 1.82) is 0 Å². The molecule has 1 fully saturated rings. The standard InChI is InChI=1S/C22H26N2O4/c1-15(25)16-10-18(24(2)12-16)21(26)23-13-22(8-4-3-5-9-22)17-6-7-19-20(11-17)28-14-27-19/h6-7,10-12H,3-5,8-9,13-14H2,1-2H3,(H,23,26). The summed E-state index contributed by atoms with van der Waals surface area (Å²) >= 11 is 0. The highest BCUT2D eigenvalue weighted by Gasteiger charge is 2.35. The molecule has 0 atom stereocenters. The van der Waals surface area contributed by atoms with Crippen LogP contribution in [-0.4, -0.2) is 29.6 Å². The number of rotatable bonds is 5. The van der Waals surface area contributed by atoms with Crippen molar-refractivity contribution < 1.29 is 19.1 Å². The Labute approximate surface area is 164 Å². The van der Waals surface area contributed by atoms with Crippen LogP contribution in [0.4, 0.5) is 0 Å². The Balaban J connectivity index is 1.56. The zero-order chi connectivity index (χ0) is 19.7. The quantitative estimate of drug-likeness (QED) is 0.803. The van der Waals surface area contributed by atoms with Crippen molar-refractivity contribution >= 4 is 11.7 Å². The van der Waals surface area contributed by atoms with Crippen LogP contribution in [0.15, 0.2) is 30.5 Å². The minimum absolute atomic E-state index is 0.0428. The van der Waals surface area contributed by atoms with Crippen molar-refractivity contribution in [2.24, 2.45) is 7.05 Å². The van der Waals surface area contributed by atoms with Gasteiger partial charge in [0.1, 0.15) is 5.69 Å². The first-order valence-electron chi connectivity index (χ1n) is 9.84. The molecule has 1 saturated carbocycles. The molecule has 2 aliphatic rings. The lowest BCUT2D eigenvalue weighted by Crippen LogP contribution is -2.42. The van der Waals surface area contributed by atoms with E-state index in [2.05, 4.69) is 17.4 Å². The highest BCUT2D eigenvalue weighted by Crippen LogP contribution is 2.43. The number of amides is 1. The first kappa shape index (κ1) is 18.6. The summed E-state index contributed by atoms with van der Waals surface area (Å²) in [6.07, 6.45) is 7.26. The number of ether oxygens (including phenoxy) is 2. The highest BCUT2D eigenvalue weighted by molar-refractivity contribution is 5.99. The molecule has 148 valence electrons. The maximum Gasteiger partial charge on any atom is 0.267 e. The van der Waals surface area contributed by atoms with Gasteiger partial charge in [-0.05, 0) is 43.5 Å². The number of fused-ring (bicyclic) bond motifs is 1. The number of carbonyl (C=O) groups excluding carboxylic acids is 2. The van der Waals surface area contributed by atoms with Crippen LogP contribution < -0.4 is 14.8 Å². The van der Waals surface area contributed by atoms with Gasteiger partial charge in [0.25, 0.3) is 5.91 Å². The van der Waals surface area contributed by atoms with Gasteiger partial charge in [-0.15, -0.1) is 0 Å². The van der Waals surface area contributed by atoms with Gasteiger partial charge in [0.15, 0.2) is 17.3 Å². The molecule has 1 aliphatic heterocycles. The molecule has 1 N–H and O–H groups in total.